The first-order valence-corrected chi connectivity index (χ1v) is 7.67. The Balaban J connectivity index is 2.04. The number of carboxylic acid groups (broad SMARTS) is 1. The number of hydrogen-bond acceptors (Lipinski definition) is 2. The second-order valence-electron chi connectivity index (χ2n) is 6.36. The van der Waals surface area contributed by atoms with Crippen LogP contribution in [0, 0.1) is 11.8 Å². The van der Waals surface area contributed by atoms with Gasteiger partial charge in [-0.15, -0.1) is 0 Å². The van der Waals surface area contributed by atoms with E-state index in [4.69, 9.17) is 0 Å². The SMILES string of the molecule is CC1=C(C)C[C@@H](C(=O)NC2CCCCC2)[C@H](C(=O)O)C1. The zero-order valence-corrected chi connectivity index (χ0v) is 12.4. The molecule has 2 aliphatic carbocycles. The van der Waals surface area contributed by atoms with Gasteiger partial charge in [0.15, 0.2) is 0 Å². The Morgan fingerprint density at radius 3 is 2.10 bits per heavy atom. The van der Waals surface area contributed by atoms with Crippen molar-refractivity contribution in [3.05, 3.63) is 11.1 Å². The molecule has 1 fully saturated rings. The molecule has 0 spiro atoms. The van der Waals surface area contributed by atoms with Crippen molar-refractivity contribution in [2.45, 2.75) is 64.8 Å². The van der Waals surface area contributed by atoms with Crippen molar-refractivity contribution in [2.75, 3.05) is 0 Å². The molecular formula is C16H25NO3. The van der Waals surface area contributed by atoms with E-state index in [-0.39, 0.29) is 11.9 Å². The maximum atomic E-state index is 12.4. The molecule has 0 saturated heterocycles. The predicted molar refractivity (Wildman–Crippen MR) is 77.2 cm³/mol. The van der Waals surface area contributed by atoms with Crippen LogP contribution in [-0.4, -0.2) is 23.0 Å². The number of carbonyl (C=O) groups is 2. The first-order chi connectivity index (χ1) is 9.49. The van der Waals surface area contributed by atoms with Crippen LogP contribution in [0.5, 0.6) is 0 Å². The summed E-state index contributed by atoms with van der Waals surface area (Å²) in [6, 6.07) is 0.248. The van der Waals surface area contributed by atoms with E-state index in [1.54, 1.807) is 0 Å². The van der Waals surface area contributed by atoms with Crippen LogP contribution in [0.15, 0.2) is 11.1 Å². The van der Waals surface area contributed by atoms with Gasteiger partial charge in [0.2, 0.25) is 5.91 Å². The average Bonchev–Trinajstić information content (AvgIpc) is 2.42. The molecular weight excluding hydrogens is 254 g/mol. The van der Waals surface area contributed by atoms with Gasteiger partial charge < -0.3 is 10.4 Å². The summed E-state index contributed by atoms with van der Waals surface area (Å²) < 4.78 is 0. The number of nitrogens with one attached hydrogen (secondary N) is 1. The smallest absolute Gasteiger partial charge is 0.307 e. The molecule has 1 amide bonds. The minimum absolute atomic E-state index is 0.0591. The van der Waals surface area contributed by atoms with Gasteiger partial charge in [-0.25, -0.2) is 0 Å². The van der Waals surface area contributed by atoms with Gasteiger partial charge in [0.1, 0.15) is 0 Å². The first-order valence-electron chi connectivity index (χ1n) is 7.67. The normalized spacial score (nSPS) is 28.3. The predicted octanol–water partition coefficient (Wildman–Crippen LogP) is 2.88. The molecule has 1 saturated carbocycles. The monoisotopic (exact) mass is 279 g/mol. The van der Waals surface area contributed by atoms with E-state index in [0.29, 0.717) is 12.8 Å². The molecule has 0 aromatic rings. The quantitative estimate of drug-likeness (QED) is 0.781. The molecule has 0 heterocycles. The van der Waals surface area contributed by atoms with Crippen molar-refractivity contribution in [2.24, 2.45) is 11.8 Å². The summed E-state index contributed by atoms with van der Waals surface area (Å²) in [7, 11) is 0. The molecule has 2 N–H and O–H groups in total. The van der Waals surface area contributed by atoms with Crippen molar-refractivity contribution in [3.63, 3.8) is 0 Å². The average molecular weight is 279 g/mol. The van der Waals surface area contributed by atoms with Crippen LogP contribution < -0.4 is 5.32 Å². The Hall–Kier alpha value is -1.32. The number of carboxylic acids is 1. The van der Waals surface area contributed by atoms with Gasteiger partial charge in [0.05, 0.1) is 11.8 Å². The summed E-state index contributed by atoms with van der Waals surface area (Å²) in [5.41, 5.74) is 2.30. The summed E-state index contributed by atoms with van der Waals surface area (Å²) in [6.07, 6.45) is 6.72. The van der Waals surface area contributed by atoms with Crippen molar-refractivity contribution >= 4 is 11.9 Å². The number of allylic oxidation sites excluding steroid dienone is 2. The molecule has 112 valence electrons. The fraction of sp³-hybridized carbons (Fsp3) is 0.750. The molecule has 0 aliphatic heterocycles. The zero-order chi connectivity index (χ0) is 14.7. The number of rotatable bonds is 3. The second-order valence-corrected chi connectivity index (χ2v) is 6.36. The highest BCUT2D eigenvalue weighted by molar-refractivity contribution is 5.85. The third-order valence-corrected chi connectivity index (χ3v) is 4.87. The second kappa shape index (κ2) is 6.42. The van der Waals surface area contributed by atoms with Gasteiger partial charge in [0.25, 0.3) is 0 Å². The van der Waals surface area contributed by atoms with E-state index >= 15 is 0 Å². The van der Waals surface area contributed by atoms with Crippen molar-refractivity contribution in [3.8, 4) is 0 Å². The van der Waals surface area contributed by atoms with Gasteiger partial charge >= 0.3 is 5.97 Å². The summed E-state index contributed by atoms with van der Waals surface area (Å²) in [6.45, 7) is 3.98. The standard InChI is InChI=1S/C16H25NO3/c1-10-8-13(14(16(19)20)9-11(10)2)15(18)17-12-6-4-3-5-7-12/h12-14H,3-9H2,1-2H3,(H,17,18)(H,19,20)/t13-,14-/m1/s1. The Morgan fingerprint density at radius 2 is 1.55 bits per heavy atom. The molecule has 2 atom stereocenters. The number of aliphatic carboxylic acids is 1. The lowest BCUT2D eigenvalue weighted by atomic mass is 9.76. The molecule has 20 heavy (non-hydrogen) atoms. The summed E-state index contributed by atoms with van der Waals surface area (Å²) in [4.78, 5) is 23.8. The summed E-state index contributed by atoms with van der Waals surface area (Å²) in [5, 5.41) is 12.4. The number of amides is 1. The van der Waals surface area contributed by atoms with Crippen LogP contribution in [0.2, 0.25) is 0 Å². The first kappa shape index (κ1) is 15.1. The van der Waals surface area contributed by atoms with E-state index in [1.165, 1.54) is 12.0 Å². The van der Waals surface area contributed by atoms with Crippen molar-refractivity contribution in [1.29, 1.82) is 0 Å². The highest BCUT2D eigenvalue weighted by Gasteiger charge is 2.37. The highest BCUT2D eigenvalue weighted by Crippen LogP contribution is 2.34. The Bertz CT molecular complexity index is 421. The fourth-order valence-corrected chi connectivity index (χ4v) is 3.38. The van der Waals surface area contributed by atoms with Crippen LogP contribution in [0.25, 0.3) is 0 Å². The van der Waals surface area contributed by atoms with Gasteiger partial charge in [-0.1, -0.05) is 30.4 Å². The minimum atomic E-state index is -0.847. The third kappa shape index (κ3) is 3.41. The minimum Gasteiger partial charge on any atom is -0.481 e. The Kier molecular flexibility index (Phi) is 4.84. The highest BCUT2D eigenvalue weighted by atomic mass is 16.4. The lowest BCUT2D eigenvalue weighted by molar-refractivity contribution is -0.147. The van der Waals surface area contributed by atoms with E-state index < -0.39 is 17.8 Å². The van der Waals surface area contributed by atoms with Gasteiger partial charge in [-0.05, 0) is 39.5 Å². The van der Waals surface area contributed by atoms with E-state index in [9.17, 15) is 14.7 Å². The molecule has 4 heteroatoms. The zero-order valence-electron chi connectivity index (χ0n) is 12.4. The molecule has 0 aromatic carbocycles. The largest absolute Gasteiger partial charge is 0.481 e. The molecule has 4 nitrogen and oxygen atoms in total. The van der Waals surface area contributed by atoms with Crippen molar-refractivity contribution in [1.82, 2.24) is 5.32 Å². The molecule has 0 bridgehead atoms. The topological polar surface area (TPSA) is 66.4 Å². The van der Waals surface area contributed by atoms with Crippen LogP contribution in [0.4, 0.5) is 0 Å². The molecule has 0 radical (unpaired) electrons. The molecule has 0 unspecified atom stereocenters. The lowest BCUT2D eigenvalue weighted by Crippen LogP contribution is -2.44. The fourth-order valence-electron chi connectivity index (χ4n) is 3.38. The van der Waals surface area contributed by atoms with Gasteiger partial charge in [-0.3, -0.25) is 9.59 Å². The van der Waals surface area contributed by atoms with Crippen molar-refractivity contribution < 1.29 is 14.7 Å². The maximum absolute atomic E-state index is 12.4. The summed E-state index contributed by atoms with van der Waals surface area (Å²) in [5.74, 6) is -1.88. The maximum Gasteiger partial charge on any atom is 0.307 e. The van der Waals surface area contributed by atoms with Crippen LogP contribution in [0.1, 0.15) is 58.8 Å². The Morgan fingerprint density at radius 1 is 1.00 bits per heavy atom. The molecule has 0 aromatic heterocycles. The molecule has 2 aliphatic rings. The van der Waals surface area contributed by atoms with E-state index in [0.717, 1.165) is 31.3 Å². The number of hydrogen-bond donors (Lipinski definition) is 2. The summed E-state index contributed by atoms with van der Waals surface area (Å²) >= 11 is 0. The lowest BCUT2D eigenvalue weighted by Gasteiger charge is -2.31. The number of carbonyl (C=O) groups excluding carboxylic acids is 1. The Labute approximate surface area is 120 Å². The third-order valence-electron chi connectivity index (χ3n) is 4.87. The van der Waals surface area contributed by atoms with E-state index in [2.05, 4.69) is 5.32 Å². The van der Waals surface area contributed by atoms with Crippen LogP contribution >= 0.6 is 0 Å². The van der Waals surface area contributed by atoms with Gasteiger partial charge in [0, 0.05) is 6.04 Å². The van der Waals surface area contributed by atoms with Crippen LogP contribution in [0.3, 0.4) is 0 Å². The molecule has 2 rings (SSSR count). The van der Waals surface area contributed by atoms with Gasteiger partial charge in [-0.2, -0.15) is 0 Å². The van der Waals surface area contributed by atoms with E-state index in [1.807, 2.05) is 13.8 Å². The van der Waals surface area contributed by atoms with Crippen LogP contribution in [-0.2, 0) is 9.59 Å².